The second kappa shape index (κ2) is 14.0. The monoisotopic (exact) mass is 245 g/mol. The van der Waals surface area contributed by atoms with Crippen molar-refractivity contribution in [2.24, 2.45) is 5.92 Å². The maximum absolute atomic E-state index is 11.6. The maximum Gasteiger partial charge on any atom is 0.0259 e. The van der Waals surface area contributed by atoms with E-state index >= 15 is 0 Å². The van der Waals surface area contributed by atoms with Gasteiger partial charge in [-0.3, -0.25) is 0 Å². The van der Waals surface area contributed by atoms with Crippen molar-refractivity contribution in [1.82, 2.24) is 5.54 Å². The van der Waals surface area contributed by atoms with Crippen molar-refractivity contribution in [3.8, 4) is 0 Å². The molecular formula is C15H32FN. The van der Waals surface area contributed by atoms with E-state index in [-0.39, 0.29) is 0 Å². The molecule has 1 unspecified atom stereocenters. The van der Waals surface area contributed by atoms with E-state index in [9.17, 15) is 4.48 Å². The number of hydrogen-bond acceptors (Lipinski definition) is 1. The summed E-state index contributed by atoms with van der Waals surface area (Å²) in [4.78, 5) is 0. The minimum atomic E-state index is 0.523. The molecule has 0 fully saturated rings. The van der Waals surface area contributed by atoms with E-state index in [1.54, 1.807) is 5.54 Å². The molecule has 0 aromatic carbocycles. The zero-order chi connectivity index (χ0) is 12.8. The molecule has 17 heavy (non-hydrogen) atoms. The van der Waals surface area contributed by atoms with Crippen LogP contribution in [-0.2, 0) is 0 Å². The second-order valence-corrected chi connectivity index (χ2v) is 5.37. The highest BCUT2D eigenvalue weighted by Crippen LogP contribution is 2.14. The van der Waals surface area contributed by atoms with Crippen LogP contribution in [0.25, 0.3) is 0 Å². The third-order valence-corrected chi connectivity index (χ3v) is 3.67. The zero-order valence-electron chi connectivity index (χ0n) is 11.9. The van der Waals surface area contributed by atoms with Crippen molar-refractivity contribution in [3.63, 3.8) is 0 Å². The normalized spacial score (nSPS) is 12.9. The molecule has 0 aliphatic carbocycles. The number of halogens is 1. The van der Waals surface area contributed by atoms with Gasteiger partial charge in [0.05, 0.1) is 0 Å². The molecule has 0 radical (unpaired) electrons. The first-order valence-electron chi connectivity index (χ1n) is 7.64. The Bertz CT molecular complexity index is 139. The van der Waals surface area contributed by atoms with Crippen molar-refractivity contribution in [2.45, 2.75) is 84.5 Å². The highest BCUT2D eigenvalue weighted by atomic mass is 19.2. The largest absolute Gasteiger partial charge is 0.159 e. The Labute approximate surface area is 107 Å². The van der Waals surface area contributed by atoms with Crippen LogP contribution in [0.5, 0.6) is 0 Å². The van der Waals surface area contributed by atoms with Gasteiger partial charge < -0.3 is 0 Å². The summed E-state index contributed by atoms with van der Waals surface area (Å²) in [5.74, 6) is 0.916. The highest BCUT2D eigenvalue weighted by molar-refractivity contribution is 4.52. The van der Waals surface area contributed by atoms with Crippen LogP contribution in [0.1, 0.15) is 84.5 Å². The number of rotatable bonds is 13. The third kappa shape index (κ3) is 13.8. The fourth-order valence-electron chi connectivity index (χ4n) is 2.13. The van der Waals surface area contributed by atoms with E-state index in [0.717, 1.165) is 12.3 Å². The van der Waals surface area contributed by atoms with Crippen LogP contribution in [0.15, 0.2) is 0 Å². The molecule has 0 amide bonds. The first-order chi connectivity index (χ1) is 8.31. The lowest BCUT2D eigenvalue weighted by Crippen LogP contribution is -2.01. The fraction of sp³-hybridized carbons (Fsp3) is 1.00. The zero-order valence-corrected chi connectivity index (χ0v) is 11.9. The summed E-state index contributed by atoms with van der Waals surface area (Å²) in [6.45, 7) is 5.16. The quantitative estimate of drug-likeness (QED) is 0.338. The Hall–Kier alpha value is -0.110. The van der Waals surface area contributed by atoms with Crippen LogP contribution in [0, 0.1) is 5.92 Å². The van der Waals surface area contributed by atoms with Gasteiger partial charge in [-0.15, -0.1) is 4.48 Å². The lowest BCUT2D eigenvalue weighted by Gasteiger charge is -2.07. The molecule has 0 aromatic heterocycles. The molecule has 0 spiro atoms. The van der Waals surface area contributed by atoms with E-state index in [0.29, 0.717) is 6.54 Å². The van der Waals surface area contributed by atoms with Gasteiger partial charge in [-0.1, -0.05) is 78.1 Å². The number of nitrogens with one attached hydrogen (secondary N) is 1. The lowest BCUT2D eigenvalue weighted by molar-refractivity contribution is 0.327. The van der Waals surface area contributed by atoms with Gasteiger partial charge in [-0.2, -0.15) is 5.54 Å². The van der Waals surface area contributed by atoms with Crippen LogP contribution in [0.4, 0.5) is 4.48 Å². The Balaban J connectivity index is 2.94. The van der Waals surface area contributed by atoms with Gasteiger partial charge in [0.2, 0.25) is 0 Å². The molecule has 0 aromatic rings. The molecule has 104 valence electrons. The summed E-state index contributed by atoms with van der Waals surface area (Å²) in [7, 11) is 0. The molecule has 0 aliphatic rings. The SMILES string of the molecule is CCC(C)CCCCCCCCCCCNF. The van der Waals surface area contributed by atoms with E-state index in [2.05, 4.69) is 13.8 Å². The molecule has 0 saturated carbocycles. The molecule has 0 rings (SSSR count). The average Bonchev–Trinajstić information content (AvgIpc) is 2.35. The van der Waals surface area contributed by atoms with E-state index in [1.165, 1.54) is 64.2 Å². The Morgan fingerprint density at radius 2 is 1.29 bits per heavy atom. The molecule has 0 saturated heterocycles. The smallest absolute Gasteiger partial charge is 0.0259 e. The molecule has 0 aliphatic heterocycles. The van der Waals surface area contributed by atoms with E-state index in [4.69, 9.17) is 0 Å². The summed E-state index contributed by atoms with van der Waals surface area (Å²) < 4.78 is 11.6. The molecule has 1 atom stereocenters. The predicted octanol–water partition coefficient (Wildman–Crippen LogP) is 5.41. The third-order valence-electron chi connectivity index (χ3n) is 3.67. The second-order valence-electron chi connectivity index (χ2n) is 5.37. The van der Waals surface area contributed by atoms with E-state index in [1.807, 2.05) is 0 Å². The first kappa shape index (κ1) is 16.9. The minimum absolute atomic E-state index is 0.523. The van der Waals surface area contributed by atoms with Gasteiger partial charge in [-0.25, -0.2) is 0 Å². The van der Waals surface area contributed by atoms with Gasteiger partial charge in [0.15, 0.2) is 0 Å². The van der Waals surface area contributed by atoms with Gasteiger partial charge >= 0.3 is 0 Å². The number of hydrogen-bond donors (Lipinski definition) is 1. The fourth-order valence-corrected chi connectivity index (χ4v) is 2.13. The van der Waals surface area contributed by atoms with E-state index < -0.39 is 0 Å². The van der Waals surface area contributed by atoms with Crippen LogP contribution < -0.4 is 5.54 Å². The minimum Gasteiger partial charge on any atom is -0.159 e. The summed E-state index contributed by atoms with van der Waals surface area (Å²) in [6.07, 6.45) is 14.5. The van der Waals surface area contributed by atoms with Crippen molar-refractivity contribution < 1.29 is 4.48 Å². The summed E-state index contributed by atoms with van der Waals surface area (Å²) >= 11 is 0. The van der Waals surface area contributed by atoms with Crippen LogP contribution in [-0.4, -0.2) is 6.54 Å². The molecule has 0 heterocycles. The predicted molar refractivity (Wildman–Crippen MR) is 74.7 cm³/mol. The molecular weight excluding hydrogens is 213 g/mol. The molecule has 1 N–H and O–H groups in total. The Kier molecular flexibility index (Phi) is 13.9. The van der Waals surface area contributed by atoms with Crippen molar-refractivity contribution >= 4 is 0 Å². The maximum atomic E-state index is 11.6. The van der Waals surface area contributed by atoms with Crippen LogP contribution >= 0.6 is 0 Å². The Morgan fingerprint density at radius 3 is 1.76 bits per heavy atom. The van der Waals surface area contributed by atoms with Gasteiger partial charge in [0.1, 0.15) is 0 Å². The Morgan fingerprint density at radius 1 is 0.824 bits per heavy atom. The van der Waals surface area contributed by atoms with Crippen LogP contribution in [0.3, 0.4) is 0 Å². The van der Waals surface area contributed by atoms with Crippen molar-refractivity contribution in [2.75, 3.05) is 6.54 Å². The van der Waals surface area contributed by atoms with Crippen LogP contribution in [0.2, 0.25) is 0 Å². The van der Waals surface area contributed by atoms with Gasteiger partial charge in [-0.05, 0) is 12.3 Å². The first-order valence-corrected chi connectivity index (χ1v) is 7.64. The summed E-state index contributed by atoms with van der Waals surface area (Å²) in [6, 6.07) is 0. The topological polar surface area (TPSA) is 12.0 Å². The summed E-state index contributed by atoms with van der Waals surface area (Å²) in [5.41, 5.74) is 1.71. The molecule has 2 heteroatoms. The van der Waals surface area contributed by atoms with Crippen molar-refractivity contribution in [3.05, 3.63) is 0 Å². The average molecular weight is 245 g/mol. The van der Waals surface area contributed by atoms with Crippen molar-refractivity contribution in [1.29, 1.82) is 0 Å². The number of unbranched alkanes of at least 4 members (excludes halogenated alkanes) is 8. The van der Waals surface area contributed by atoms with Gasteiger partial charge in [0, 0.05) is 6.54 Å². The molecule has 1 nitrogen and oxygen atoms in total. The lowest BCUT2D eigenvalue weighted by atomic mass is 9.99. The summed E-state index contributed by atoms with van der Waals surface area (Å²) in [5, 5.41) is 0. The van der Waals surface area contributed by atoms with Gasteiger partial charge in [0.25, 0.3) is 0 Å². The highest BCUT2D eigenvalue weighted by Gasteiger charge is 1.98. The standard InChI is InChI=1S/C15H32FN/c1-3-15(2)13-11-9-7-5-4-6-8-10-12-14-17-16/h15,17H,3-14H2,1-2H3. The molecule has 0 bridgehead atoms.